The zero-order chi connectivity index (χ0) is 22.1. The van der Waals surface area contributed by atoms with Crippen molar-refractivity contribution in [3.8, 4) is 0 Å². The molecule has 6 atom stereocenters. The fourth-order valence-electron chi connectivity index (χ4n) is 8.42. The van der Waals surface area contributed by atoms with Crippen molar-refractivity contribution in [2.75, 3.05) is 13.1 Å². The molecule has 5 aliphatic rings. The highest BCUT2D eigenvalue weighted by molar-refractivity contribution is 7.89. The fourth-order valence-corrected chi connectivity index (χ4v) is 10.1. The van der Waals surface area contributed by atoms with Gasteiger partial charge in [0.2, 0.25) is 10.0 Å². The molecule has 1 saturated heterocycles. The van der Waals surface area contributed by atoms with E-state index in [0.717, 1.165) is 55.4 Å². The Morgan fingerprint density at radius 3 is 2.66 bits per heavy atom. The van der Waals surface area contributed by atoms with Gasteiger partial charge in [-0.15, -0.1) is 0 Å². The molecule has 2 N–H and O–H groups in total. The zero-order valence-electron chi connectivity index (χ0n) is 19.0. The van der Waals surface area contributed by atoms with Crippen LogP contribution in [0.5, 0.6) is 0 Å². The number of aryl methyl sites for hydroxylation is 1. The van der Waals surface area contributed by atoms with Crippen molar-refractivity contribution in [2.45, 2.75) is 81.2 Å². The molecule has 1 heterocycles. The van der Waals surface area contributed by atoms with Crippen molar-refractivity contribution in [1.82, 2.24) is 14.9 Å². The van der Waals surface area contributed by atoms with E-state index in [-0.39, 0.29) is 17.6 Å². The summed E-state index contributed by atoms with van der Waals surface area (Å²) in [7, 11) is -3.56. The molecular formula is C25H35N3O3S. The molecule has 6 nitrogen and oxygen atoms in total. The van der Waals surface area contributed by atoms with E-state index in [9.17, 15) is 13.2 Å². The maximum atomic E-state index is 13.3. The fraction of sp³-hybridized carbons (Fsp3) is 0.720. The first kappa shape index (κ1) is 21.0. The summed E-state index contributed by atoms with van der Waals surface area (Å²) in [6.45, 7) is 2.84. The van der Waals surface area contributed by atoms with Crippen LogP contribution in [0.4, 0.5) is 4.79 Å². The Morgan fingerprint density at radius 1 is 1.06 bits per heavy atom. The van der Waals surface area contributed by atoms with Gasteiger partial charge in [-0.2, -0.15) is 4.31 Å². The van der Waals surface area contributed by atoms with Crippen molar-refractivity contribution in [3.63, 3.8) is 0 Å². The molecule has 2 amide bonds. The Hall–Kier alpha value is -1.60. The lowest BCUT2D eigenvalue weighted by atomic mass is 9.51. The molecule has 32 heavy (non-hydrogen) atoms. The summed E-state index contributed by atoms with van der Waals surface area (Å²) in [6, 6.07) is 6.77. The summed E-state index contributed by atoms with van der Waals surface area (Å²) in [6.07, 6.45) is 10.3. The van der Waals surface area contributed by atoms with Crippen molar-refractivity contribution >= 4 is 16.1 Å². The normalized spacial score (nSPS) is 40.0. The second-order valence-corrected chi connectivity index (χ2v) is 13.3. The van der Waals surface area contributed by atoms with Crippen LogP contribution in [-0.2, 0) is 10.0 Å². The smallest absolute Gasteiger partial charge is 0.315 e. The Morgan fingerprint density at radius 2 is 1.84 bits per heavy atom. The SMILES string of the molecule is Cc1ccc(S(=O)(=O)N2CCCCC2CNC(=O)N[C@]23CC4CC5CC(C2)C3(C5)C4)cc1. The Kier molecular flexibility index (Phi) is 4.72. The summed E-state index contributed by atoms with van der Waals surface area (Å²) >= 11 is 0. The molecule has 0 aromatic heterocycles. The Balaban J connectivity index is 1.12. The van der Waals surface area contributed by atoms with Crippen LogP contribution in [0.15, 0.2) is 29.2 Å². The molecule has 0 radical (unpaired) electrons. The van der Waals surface area contributed by atoms with Gasteiger partial charge in [0, 0.05) is 24.7 Å². The third-order valence-corrected chi connectivity index (χ3v) is 11.6. The summed E-state index contributed by atoms with van der Waals surface area (Å²) in [5.41, 5.74) is 1.40. The third-order valence-electron chi connectivity index (χ3n) is 9.61. The first-order valence-electron chi connectivity index (χ1n) is 12.5. The molecule has 1 aromatic rings. The van der Waals surface area contributed by atoms with E-state index < -0.39 is 10.0 Å². The number of fused-ring (bicyclic) bond motifs is 2. The van der Waals surface area contributed by atoms with E-state index in [1.807, 2.05) is 19.1 Å². The van der Waals surface area contributed by atoms with Crippen LogP contribution in [-0.4, -0.2) is 43.4 Å². The van der Waals surface area contributed by atoms with Crippen molar-refractivity contribution in [1.29, 1.82) is 0 Å². The summed E-state index contributed by atoms with van der Waals surface area (Å²) in [5.74, 6) is 2.49. The zero-order valence-corrected chi connectivity index (χ0v) is 19.8. The van der Waals surface area contributed by atoms with Crippen molar-refractivity contribution < 1.29 is 13.2 Å². The molecule has 7 heteroatoms. The number of amides is 2. The van der Waals surface area contributed by atoms with Crippen LogP contribution in [0.3, 0.4) is 0 Å². The topological polar surface area (TPSA) is 78.5 Å². The second kappa shape index (κ2) is 7.20. The Bertz CT molecular complexity index is 1020. The Labute approximate surface area is 191 Å². The van der Waals surface area contributed by atoms with Gasteiger partial charge >= 0.3 is 6.03 Å². The van der Waals surface area contributed by atoms with E-state index in [1.165, 1.54) is 25.7 Å². The van der Waals surface area contributed by atoms with Gasteiger partial charge in [0.25, 0.3) is 0 Å². The molecule has 1 spiro atoms. The molecule has 174 valence electrons. The molecule has 3 bridgehead atoms. The number of nitrogens with zero attached hydrogens (tertiary/aromatic N) is 1. The van der Waals surface area contributed by atoms with Crippen LogP contribution in [0.1, 0.15) is 63.4 Å². The lowest BCUT2D eigenvalue weighted by Crippen LogP contribution is -2.68. The van der Waals surface area contributed by atoms with E-state index in [4.69, 9.17) is 0 Å². The second-order valence-electron chi connectivity index (χ2n) is 11.4. The maximum absolute atomic E-state index is 13.3. The number of hydrogen-bond donors (Lipinski definition) is 2. The van der Waals surface area contributed by atoms with E-state index in [0.29, 0.717) is 23.4 Å². The third kappa shape index (κ3) is 2.99. The number of urea groups is 1. The number of rotatable bonds is 5. The van der Waals surface area contributed by atoms with Crippen LogP contribution in [0, 0.1) is 30.1 Å². The van der Waals surface area contributed by atoms with E-state index in [2.05, 4.69) is 10.6 Å². The van der Waals surface area contributed by atoms with Gasteiger partial charge in [0.05, 0.1) is 4.90 Å². The lowest BCUT2D eigenvalue weighted by Gasteiger charge is -2.59. The molecule has 5 unspecified atom stereocenters. The van der Waals surface area contributed by atoms with Gasteiger partial charge < -0.3 is 10.6 Å². The van der Waals surface area contributed by atoms with Gasteiger partial charge in [-0.1, -0.05) is 24.1 Å². The van der Waals surface area contributed by atoms with Crippen LogP contribution >= 0.6 is 0 Å². The minimum absolute atomic E-state index is 0.00209. The largest absolute Gasteiger partial charge is 0.337 e. The number of carbonyl (C=O) groups excluding carboxylic acids is 1. The first-order chi connectivity index (χ1) is 15.3. The number of carbonyl (C=O) groups is 1. The van der Waals surface area contributed by atoms with Crippen molar-refractivity contribution in [2.24, 2.45) is 23.2 Å². The van der Waals surface area contributed by atoms with Gasteiger partial charge in [-0.3, -0.25) is 0 Å². The molecule has 5 fully saturated rings. The molecule has 6 rings (SSSR count). The minimum atomic E-state index is -3.56. The summed E-state index contributed by atoms with van der Waals surface area (Å²) < 4.78 is 28.2. The van der Waals surface area contributed by atoms with Crippen LogP contribution in [0.25, 0.3) is 0 Å². The minimum Gasteiger partial charge on any atom is -0.337 e. The van der Waals surface area contributed by atoms with Gasteiger partial charge in [-0.05, 0) is 93.6 Å². The summed E-state index contributed by atoms with van der Waals surface area (Å²) in [4.78, 5) is 13.3. The van der Waals surface area contributed by atoms with Gasteiger partial charge in [-0.25, -0.2) is 13.2 Å². The first-order valence-corrected chi connectivity index (χ1v) is 13.9. The average molecular weight is 458 g/mol. The highest BCUT2D eigenvalue weighted by Crippen LogP contribution is 2.77. The molecule has 4 saturated carbocycles. The van der Waals surface area contributed by atoms with Gasteiger partial charge in [0.15, 0.2) is 0 Å². The standard InChI is InChI=1S/C25H35N3O3S/c1-17-5-7-22(8-6-17)32(30,31)28-9-3-2-4-21(28)16-26-23(29)27-25-14-19-10-18-11-20(15-25)24(25,12-18)13-19/h5-8,18-21H,2-4,9-16H2,1H3,(H2,26,27,29)/t18?,19?,20?,21?,24?,25-/m1/s1. The van der Waals surface area contributed by atoms with Crippen LogP contribution in [0.2, 0.25) is 0 Å². The lowest BCUT2D eigenvalue weighted by molar-refractivity contribution is -0.0457. The number of sulfonamides is 1. The van der Waals surface area contributed by atoms with E-state index >= 15 is 0 Å². The van der Waals surface area contributed by atoms with Crippen LogP contribution < -0.4 is 10.6 Å². The van der Waals surface area contributed by atoms with Crippen molar-refractivity contribution in [3.05, 3.63) is 29.8 Å². The van der Waals surface area contributed by atoms with Gasteiger partial charge in [0.1, 0.15) is 0 Å². The molecule has 1 aromatic carbocycles. The van der Waals surface area contributed by atoms with E-state index in [1.54, 1.807) is 16.4 Å². The molecule has 1 aliphatic heterocycles. The molecular weight excluding hydrogens is 422 g/mol. The average Bonchev–Trinajstić information content (AvgIpc) is 3.08. The maximum Gasteiger partial charge on any atom is 0.315 e. The molecule has 4 aliphatic carbocycles. The monoisotopic (exact) mass is 457 g/mol. The number of piperidine rings is 1. The summed E-state index contributed by atoms with van der Waals surface area (Å²) in [5, 5.41) is 6.49. The highest BCUT2D eigenvalue weighted by atomic mass is 32.2. The predicted molar refractivity (Wildman–Crippen MR) is 123 cm³/mol. The quantitative estimate of drug-likeness (QED) is 0.706. The predicted octanol–water partition coefficient (Wildman–Crippen LogP) is 3.81. The number of nitrogens with one attached hydrogen (secondary N) is 2. The highest BCUT2D eigenvalue weighted by Gasteiger charge is 2.74. The number of benzene rings is 1. The number of hydrogen-bond acceptors (Lipinski definition) is 3.